The zero-order chi connectivity index (χ0) is 14.7. The first-order valence-corrected chi connectivity index (χ1v) is 6.94. The number of carbonyl (C=O) groups is 1. The molecule has 0 aromatic carbocycles. The summed E-state index contributed by atoms with van der Waals surface area (Å²) >= 11 is 0. The minimum atomic E-state index is -1.32. The summed E-state index contributed by atoms with van der Waals surface area (Å²) in [7, 11) is 0. The first-order chi connectivity index (χ1) is 9.24. The van der Waals surface area contributed by atoms with Gasteiger partial charge in [-0.25, -0.2) is 0 Å². The van der Waals surface area contributed by atoms with Crippen molar-refractivity contribution in [2.45, 2.75) is 63.4 Å². The van der Waals surface area contributed by atoms with Crippen LogP contribution in [0, 0.1) is 6.92 Å². The smallest absolute Gasteiger partial charge is 0.198 e. The van der Waals surface area contributed by atoms with Gasteiger partial charge in [0.15, 0.2) is 5.78 Å². The van der Waals surface area contributed by atoms with Crippen molar-refractivity contribution in [3.8, 4) is 0 Å². The van der Waals surface area contributed by atoms with Gasteiger partial charge in [-0.15, -0.1) is 0 Å². The fourth-order valence-corrected chi connectivity index (χ4v) is 3.02. The first-order valence-electron chi connectivity index (χ1n) is 6.94. The van der Waals surface area contributed by atoms with Crippen LogP contribution < -0.4 is 0 Å². The van der Waals surface area contributed by atoms with Crippen molar-refractivity contribution in [3.63, 3.8) is 0 Å². The standard InChI is InChI=1S/C15H20O5/c1-8-7-19-9-6-14(2,18)10(16)4-5-15(3)13(20-15)12(17)11(8)9/h7,10,13,16,18H,4-6H2,1-3H3. The third-order valence-electron chi connectivity index (χ3n) is 4.57. The molecule has 0 spiro atoms. The second-order valence-electron chi connectivity index (χ2n) is 6.48. The van der Waals surface area contributed by atoms with Crippen molar-refractivity contribution in [1.82, 2.24) is 0 Å². The fourth-order valence-electron chi connectivity index (χ4n) is 3.02. The molecular weight excluding hydrogens is 260 g/mol. The maximum Gasteiger partial charge on any atom is 0.198 e. The molecule has 1 aliphatic heterocycles. The highest BCUT2D eigenvalue weighted by Gasteiger charge is 2.58. The van der Waals surface area contributed by atoms with E-state index in [1.165, 1.54) is 6.26 Å². The summed E-state index contributed by atoms with van der Waals surface area (Å²) in [6.45, 7) is 5.24. The molecule has 2 heterocycles. The van der Waals surface area contributed by atoms with Crippen LogP contribution in [0.15, 0.2) is 10.7 Å². The Labute approximate surface area is 117 Å². The van der Waals surface area contributed by atoms with Gasteiger partial charge in [0.1, 0.15) is 17.5 Å². The number of aryl methyl sites for hydroxylation is 1. The summed E-state index contributed by atoms with van der Waals surface area (Å²) in [5.41, 5.74) is -0.619. The van der Waals surface area contributed by atoms with Crippen LogP contribution in [0.2, 0.25) is 0 Å². The average molecular weight is 280 g/mol. The molecule has 5 nitrogen and oxygen atoms in total. The number of epoxide rings is 1. The zero-order valence-electron chi connectivity index (χ0n) is 12.0. The molecule has 0 amide bonds. The van der Waals surface area contributed by atoms with Gasteiger partial charge in [0.25, 0.3) is 0 Å². The summed E-state index contributed by atoms with van der Waals surface area (Å²) in [5, 5.41) is 20.6. The third kappa shape index (κ3) is 2.01. The molecule has 5 heteroatoms. The van der Waals surface area contributed by atoms with Gasteiger partial charge >= 0.3 is 0 Å². The summed E-state index contributed by atoms with van der Waals surface area (Å²) in [6.07, 6.45) is 1.23. The lowest BCUT2D eigenvalue weighted by Crippen LogP contribution is -2.42. The Morgan fingerprint density at radius 1 is 1.40 bits per heavy atom. The van der Waals surface area contributed by atoms with Crippen LogP contribution in [0.5, 0.6) is 0 Å². The predicted molar refractivity (Wildman–Crippen MR) is 70.6 cm³/mol. The topological polar surface area (TPSA) is 83.2 Å². The fraction of sp³-hybridized carbons (Fsp3) is 0.667. The van der Waals surface area contributed by atoms with Gasteiger partial charge in [0, 0.05) is 6.42 Å². The molecule has 3 rings (SSSR count). The highest BCUT2D eigenvalue weighted by atomic mass is 16.6. The van der Waals surface area contributed by atoms with Crippen LogP contribution in [-0.4, -0.2) is 39.4 Å². The van der Waals surface area contributed by atoms with Crippen molar-refractivity contribution < 1.29 is 24.2 Å². The van der Waals surface area contributed by atoms with Crippen LogP contribution >= 0.6 is 0 Å². The molecule has 1 fully saturated rings. The summed E-state index contributed by atoms with van der Waals surface area (Å²) in [4.78, 5) is 12.5. The van der Waals surface area contributed by atoms with Crippen molar-refractivity contribution in [2.75, 3.05) is 0 Å². The van der Waals surface area contributed by atoms with E-state index >= 15 is 0 Å². The number of ether oxygens (including phenoxy) is 1. The first kappa shape index (κ1) is 13.8. The SMILES string of the molecule is Cc1coc2c1C(=O)C1OC1(C)CCC(O)C(C)(O)C2. The van der Waals surface area contributed by atoms with E-state index in [0.29, 0.717) is 24.2 Å². The molecule has 2 aliphatic rings. The predicted octanol–water partition coefficient (Wildman–Crippen LogP) is 1.38. The van der Waals surface area contributed by atoms with Gasteiger partial charge in [-0.05, 0) is 39.2 Å². The lowest BCUT2D eigenvalue weighted by Gasteiger charge is -2.29. The van der Waals surface area contributed by atoms with Crippen LogP contribution in [0.1, 0.15) is 48.4 Å². The molecule has 4 unspecified atom stereocenters. The Morgan fingerprint density at radius 3 is 2.80 bits per heavy atom. The van der Waals surface area contributed by atoms with Gasteiger partial charge in [0.05, 0.1) is 23.5 Å². The number of ketones is 1. The number of rotatable bonds is 0. The maximum atomic E-state index is 12.5. The van der Waals surface area contributed by atoms with Gasteiger partial charge in [0.2, 0.25) is 0 Å². The van der Waals surface area contributed by atoms with E-state index in [2.05, 4.69) is 0 Å². The van der Waals surface area contributed by atoms with E-state index in [-0.39, 0.29) is 12.2 Å². The largest absolute Gasteiger partial charge is 0.468 e. The molecule has 1 saturated heterocycles. The van der Waals surface area contributed by atoms with Gasteiger partial charge in [-0.1, -0.05) is 0 Å². The monoisotopic (exact) mass is 280 g/mol. The average Bonchev–Trinajstić information content (AvgIpc) is 2.92. The Bertz CT molecular complexity index is 559. The Hall–Kier alpha value is -1.17. The second-order valence-corrected chi connectivity index (χ2v) is 6.48. The highest BCUT2D eigenvalue weighted by molar-refractivity contribution is 6.04. The minimum absolute atomic E-state index is 0.0825. The number of fused-ring (bicyclic) bond motifs is 2. The van der Waals surface area contributed by atoms with E-state index in [1.807, 2.05) is 6.92 Å². The van der Waals surface area contributed by atoms with Crippen LogP contribution in [0.3, 0.4) is 0 Å². The summed E-state index contributed by atoms with van der Waals surface area (Å²) < 4.78 is 11.0. The molecule has 110 valence electrons. The van der Waals surface area contributed by atoms with Crippen LogP contribution in [0.25, 0.3) is 0 Å². The third-order valence-corrected chi connectivity index (χ3v) is 4.57. The number of hydrogen-bond acceptors (Lipinski definition) is 5. The summed E-state index contributed by atoms with van der Waals surface area (Å²) in [5.74, 6) is 0.345. The molecule has 0 radical (unpaired) electrons. The number of aliphatic hydroxyl groups is 2. The van der Waals surface area contributed by atoms with E-state index in [4.69, 9.17) is 9.15 Å². The van der Waals surface area contributed by atoms with Crippen molar-refractivity contribution >= 4 is 5.78 Å². The molecule has 0 bridgehead atoms. The van der Waals surface area contributed by atoms with Gasteiger partial charge in [-0.3, -0.25) is 4.79 Å². The molecular formula is C15H20O5. The van der Waals surface area contributed by atoms with E-state index < -0.39 is 23.4 Å². The van der Waals surface area contributed by atoms with E-state index in [0.717, 1.165) is 5.56 Å². The maximum absolute atomic E-state index is 12.5. The lowest BCUT2D eigenvalue weighted by atomic mass is 9.83. The van der Waals surface area contributed by atoms with Crippen LogP contribution in [-0.2, 0) is 11.2 Å². The van der Waals surface area contributed by atoms with Crippen molar-refractivity contribution in [3.05, 3.63) is 23.2 Å². The van der Waals surface area contributed by atoms with Gasteiger partial charge < -0.3 is 19.4 Å². The minimum Gasteiger partial charge on any atom is -0.468 e. The molecule has 0 saturated carbocycles. The number of carbonyl (C=O) groups excluding carboxylic acids is 1. The normalized spacial score (nSPS) is 41.0. The molecule has 1 aromatic rings. The number of furan rings is 1. The lowest BCUT2D eigenvalue weighted by molar-refractivity contribution is -0.0693. The van der Waals surface area contributed by atoms with E-state index in [1.54, 1.807) is 13.8 Å². The Morgan fingerprint density at radius 2 is 2.10 bits per heavy atom. The van der Waals surface area contributed by atoms with Gasteiger partial charge in [-0.2, -0.15) is 0 Å². The molecule has 2 N–H and O–H groups in total. The zero-order valence-corrected chi connectivity index (χ0v) is 12.0. The quantitative estimate of drug-likeness (QED) is 0.701. The Balaban J connectivity index is 2.05. The number of hydrogen-bond donors (Lipinski definition) is 2. The number of aliphatic hydroxyl groups excluding tert-OH is 1. The van der Waals surface area contributed by atoms with E-state index in [9.17, 15) is 15.0 Å². The molecule has 4 atom stereocenters. The van der Waals surface area contributed by atoms with Crippen LogP contribution in [0.4, 0.5) is 0 Å². The summed E-state index contributed by atoms with van der Waals surface area (Å²) in [6, 6.07) is 0. The highest BCUT2D eigenvalue weighted by Crippen LogP contribution is 2.45. The number of Topliss-reactive ketones (excluding diaryl/α,β-unsaturated/α-hetero) is 1. The van der Waals surface area contributed by atoms with Crippen molar-refractivity contribution in [1.29, 1.82) is 0 Å². The molecule has 20 heavy (non-hydrogen) atoms. The molecule has 1 aromatic heterocycles. The Kier molecular flexibility index (Phi) is 2.87. The second kappa shape index (κ2) is 4.16. The molecule has 1 aliphatic carbocycles. The van der Waals surface area contributed by atoms with Crippen molar-refractivity contribution in [2.24, 2.45) is 0 Å².